The van der Waals surface area contributed by atoms with Crippen LogP contribution < -0.4 is 4.74 Å². The van der Waals surface area contributed by atoms with Gasteiger partial charge in [-0.3, -0.25) is 0 Å². The highest BCUT2D eigenvalue weighted by molar-refractivity contribution is 7.89. The largest absolute Gasteiger partial charge is 0.493 e. The minimum atomic E-state index is -3.84. The monoisotopic (exact) mass is 403 g/mol. The summed E-state index contributed by atoms with van der Waals surface area (Å²) in [4.78, 5) is 4.43. The Morgan fingerprint density at radius 1 is 1.21 bits per heavy atom. The molecule has 9 heteroatoms. The van der Waals surface area contributed by atoms with Crippen LogP contribution in [0.2, 0.25) is 0 Å². The van der Waals surface area contributed by atoms with Crippen LogP contribution in [0.25, 0.3) is 10.8 Å². The topological polar surface area (TPSA) is 94.8 Å². The zero-order valence-electron chi connectivity index (χ0n) is 15.7. The second-order valence-corrected chi connectivity index (χ2v) is 8.29. The molecule has 1 aromatic heterocycles. The first-order valence-corrected chi connectivity index (χ1v) is 10.5. The number of hydrogen-bond donors (Lipinski definition) is 0. The second kappa shape index (κ2) is 7.50. The number of aryl methyl sites for hydroxylation is 1. The van der Waals surface area contributed by atoms with Crippen molar-refractivity contribution in [2.75, 3.05) is 26.4 Å². The Morgan fingerprint density at radius 2 is 2.00 bits per heavy atom. The number of sulfonamides is 1. The fourth-order valence-electron chi connectivity index (χ4n) is 3.40. The maximum atomic E-state index is 13.6. The quantitative estimate of drug-likeness (QED) is 0.646. The summed E-state index contributed by atoms with van der Waals surface area (Å²) in [5.74, 6) is 1.34. The lowest BCUT2D eigenvalue weighted by molar-refractivity contribution is 0.0203. The lowest BCUT2D eigenvalue weighted by Gasteiger charge is -2.32. The third-order valence-corrected chi connectivity index (χ3v) is 6.60. The van der Waals surface area contributed by atoms with Gasteiger partial charge in [0, 0.05) is 17.3 Å². The Balaban J connectivity index is 1.82. The van der Waals surface area contributed by atoms with Crippen LogP contribution in [-0.2, 0) is 14.8 Å². The van der Waals surface area contributed by atoms with E-state index in [2.05, 4.69) is 10.1 Å². The second-order valence-electron chi connectivity index (χ2n) is 6.43. The van der Waals surface area contributed by atoms with Crippen LogP contribution >= 0.6 is 0 Å². The molecule has 28 heavy (non-hydrogen) atoms. The summed E-state index contributed by atoms with van der Waals surface area (Å²) in [5.41, 5.74) is 0. The number of hydrogen-bond acceptors (Lipinski definition) is 7. The molecular weight excluding hydrogens is 382 g/mol. The standard InChI is InChI=1S/C19H21N3O5S/c1-3-26-17-8-9-18(15-7-5-4-6-14(15)17)28(23,24)22-10-11-25-12-16(22)19-20-13(2)21-27-19/h4-9,16H,3,10-12H2,1-2H3. The number of rotatable bonds is 5. The minimum Gasteiger partial charge on any atom is -0.493 e. The summed E-state index contributed by atoms with van der Waals surface area (Å²) in [6.07, 6.45) is 0. The molecule has 2 heterocycles. The molecule has 4 rings (SSSR count). The van der Waals surface area contributed by atoms with Gasteiger partial charge in [0.25, 0.3) is 0 Å². The average Bonchev–Trinajstić information content (AvgIpc) is 3.14. The van der Waals surface area contributed by atoms with Gasteiger partial charge in [0.2, 0.25) is 15.9 Å². The van der Waals surface area contributed by atoms with E-state index in [1.807, 2.05) is 25.1 Å². The number of benzene rings is 2. The van der Waals surface area contributed by atoms with Gasteiger partial charge in [0.1, 0.15) is 11.8 Å². The molecule has 8 nitrogen and oxygen atoms in total. The third-order valence-electron chi connectivity index (χ3n) is 4.64. The highest BCUT2D eigenvalue weighted by atomic mass is 32.2. The van der Waals surface area contributed by atoms with Crippen molar-refractivity contribution in [3.8, 4) is 5.75 Å². The predicted octanol–water partition coefficient (Wildman–Crippen LogP) is 2.69. The number of nitrogens with zero attached hydrogens (tertiary/aromatic N) is 3. The molecule has 148 valence electrons. The van der Waals surface area contributed by atoms with E-state index in [-0.39, 0.29) is 23.9 Å². The highest BCUT2D eigenvalue weighted by Gasteiger charge is 2.39. The molecule has 0 N–H and O–H groups in total. The third kappa shape index (κ3) is 3.25. The van der Waals surface area contributed by atoms with Crippen molar-refractivity contribution in [2.45, 2.75) is 24.8 Å². The Kier molecular flexibility index (Phi) is 5.05. The van der Waals surface area contributed by atoms with Gasteiger partial charge in [-0.2, -0.15) is 9.29 Å². The van der Waals surface area contributed by atoms with E-state index >= 15 is 0 Å². The van der Waals surface area contributed by atoms with Crippen LogP contribution in [0.1, 0.15) is 24.7 Å². The first-order chi connectivity index (χ1) is 13.5. The van der Waals surface area contributed by atoms with Crippen molar-refractivity contribution in [1.82, 2.24) is 14.4 Å². The van der Waals surface area contributed by atoms with Crippen molar-refractivity contribution < 1.29 is 22.4 Å². The lowest BCUT2D eigenvalue weighted by Crippen LogP contribution is -2.43. The average molecular weight is 403 g/mol. The zero-order valence-corrected chi connectivity index (χ0v) is 16.5. The number of fused-ring (bicyclic) bond motifs is 1. The van der Waals surface area contributed by atoms with Crippen molar-refractivity contribution in [2.24, 2.45) is 0 Å². The van der Waals surface area contributed by atoms with Crippen molar-refractivity contribution >= 4 is 20.8 Å². The van der Waals surface area contributed by atoms with E-state index in [0.717, 1.165) is 5.39 Å². The van der Waals surface area contributed by atoms with E-state index < -0.39 is 16.1 Å². The van der Waals surface area contributed by atoms with Gasteiger partial charge in [-0.1, -0.05) is 29.4 Å². The van der Waals surface area contributed by atoms with E-state index in [1.165, 1.54) is 4.31 Å². The van der Waals surface area contributed by atoms with Crippen LogP contribution in [0.3, 0.4) is 0 Å². The lowest BCUT2D eigenvalue weighted by atomic mass is 10.1. The summed E-state index contributed by atoms with van der Waals surface area (Å²) >= 11 is 0. The summed E-state index contributed by atoms with van der Waals surface area (Å²) in [6, 6.07) is 9.95. The predicted molar refractivity (Wildman–Crippen MR) is 102 cm³/mol. The molecule has 0 saturated carbocycles. The van der Waals surface area contributed by atoms with Gasteiger partial charge < -0.3 is 14.0 Å². The summed E-state index contributed by atoms with van der Waals surface area (Å²) < 4.78 is 45.0. The van der Waals surface area contributed by atoms with Gasteiger partial charge >= 0.3 is 0 Å². The van der Waals surface area contributed by atoms with Gasteiger partial charge in [-0.15, -0.1) is 0 Å². The zero-order chi connectivity index (χ0) is 19.7. The molecule has 0 amide bonds. The van der Waals surface area contributed by atoms with E-state index in [9.17, 15) is 8.42 Å². The van der Waals surface area contributed by atoms with E-state index in [0.29, 0.717) is 30.2 Å². The first-order valence-electron chi connectivity index (χ1n) is 9.06. The maximum Gasteiger partial charge on any atom is 0.247 e. The van der Waals surface area contributed by atoms with E-state index in [1.54, 1.807) is 25.1 Å². The van der Waals surface area contributed by atoms with Gasteiger partial charge in [0.05, 0.1) is 24.7 Å². The Labute approximate surface area is 163 Å². The Morgan fingerprint density at radius 3 is 2.71 bits per heavy atom. The van der Waals surface area contributed by atoms with E-state index in [4.69, 9.17) is 14.0 Å². The molecule has 1 atom stereocenters. The molecule has 0 spiro atoms. The van der Waals surface area contributed by atoms with Crippen LogP contribution in [0, 0.1) is 6.92 Å². The van der Waals surface area contributed by atoms with Gasteiger partial charge in [-0.05, 0) is 26.0 Å². The minimum absolute atomic E-state index is 0.163. The normalized spacial score (nSPS) is 18.4. The van der Waals surface area contributed by atoms with Crippen molar-refractivity contribution in [3.05, 3.63) is 48.1 Å². The van der Waals surface area contributed by atoms with Crippen molar-refractivity contribution in [3.63, 3.8) is 0 Å². The van der Waals surface area contributed by atoms with Crippen LogP contribution in [0.4, 0.5) is 0 Å². The molecule has 2 aromatic carbocycles. The molecule has 1 saturated heterocycles. The molecule has 0 aliphatic carbocycles. The van der Waals surface area contributed by atoms with Crippen LogP contribution in [0.5, 0.6) is 5.75 Å². The number of morpholine rings is 1. The molecule has 1 aliphatic rings. The molecular formula is C19H21N3O5S. The molecule has 1 fully saturated rings. The van der Waals surface area contributed by atoms with Gasteiger partial charge in [-0.25, -0.2) is 8.42 Å². The number of ether oxygens (including phenoxy) is 2. The first kappa shape index (κ1) is 18.9. The fourth-order valence-corrected chi connectivity index (χ4v) is 5.14. The molecule has 1 aliphatic heterocycles. The summed E-state index contributed by atoms with van der Waals surface area (Å²) in [7, 11) is -3.84. The molecule has 1 unspecified atom stereocenters. The van der Waals surface area contributed by atoms with Gasteiger partial charge in [0.15, 0.2) is 5.82 Å². The fraction of sp³-hybridized carbons (Fsp3) is 0.368. The Hall–Kier alpha value is -2.49. The summed E-state index contributed by atoms with van der Waals surface area (Å²) in [6.45, 7) is 4.75. The molecule has 0 radical (unpaired) electrons. The molecule has 0 bridgehead atoms. The van der Waals surface area contributed by atoms with Crippen LogP contribution in [0.15, 0.2) is 45.8 Å². The maximum absolute atomic E-state index is 13.6. The number of aromatic nitrogens is 2. The smallest absolute Gasteiger partial charge is 0.247 e. The van der Waals surface area contributed by atoms with Crippen LogP contribution in [-0.4, -0.2) is 49.2 Å². The SMILES string of the molecule is CCOc1ccc(S(=O)(=O)N2CCOCC2c2nc(C)no2)c2ccccc12. The molecule has 3 aromatic rings. The Bertz CT molecular complexity index is 1100. The highest BCUT2D eigenvalue weighted by Crippen LogP contribution is 2.36. The van der Waals surface area contributed by atoms with Crippen molar-refractivity contribution in [1.29, 1.82) is 0 Å². The summed E-state index contributed by atoms with van der Waals surface area (Å²) in [5, 5.41) is 5.15.